The summed E-state index contributed by atoms with van der Waals surface area (Å²) < 4.78 is 0. The Bertz CT molecular complexity index is 30.5. The van der Waals surface area contributed by atoms with Gasteiger partial charge in [-0.3, -0.25) is 0 Å². The Morgan fingerprint density at radius 2 is 1.33 bits per heavy atom. The Morgan fingerprint density at radius 1 is 1.33 bits per heavy atom. The van der Waals surface area contributed by atoms with Crippen LogP contribution in [-0.2, 0) is 0 Å². The predicted octanol–water partition coefficient (Wildman–Crippen LogP) is -3.27. The molecule has 0 aliphatic heterocycles. The molecule has 4 nitrogen and oxygen atoms in total. The Morgan fingerprint density at radius 3 is 1.33 bits per heavy atom. The summed E-state index contributed by atoms with van der Waals surface area (Å²) in [6.07, 6.45) is -2.33. The summed E-state index contributed by atoms with van der Waals surface area (Å²) in [5.41, 5.74) is 0. The maximum Gasteiger partial charge on any atom is 3.00 e. The summed E-state index contributed by atoms with van der Waals surface area (Å²) in [5, 5.41) is 16.7. The molecule has 6 heavy (non-hydrogen) atoms. The van der Waals surface area contributed by atoms with Gasteiger partial charge in [-0.1, -0.05) is 0 Å². The van der Waals surface area contributed by atoms with Crippen LogP contribution in [-0.4, -0.2) is 11.6 Å². The van der Waals surface area contributed by atoms with Crippen LogP contribution >= 0.6 is 0 Å². The van der Waals surface area contributed by atoms with Crippen molar-refractivity contribution in [2.75, 3.05) is 0 Å². The van der Waals surface area contributed by atoms with Crippen LogP contribution in [0.25, 0.3) is 0 Å². The van der Waals surface area contributed by atoms with E-state index in [0.29, 0.717) is 0 Å². The average molecular weight is 217 g/mol. The SMILES string of the molecule is O.O=C([O-])[O-].[La+3]. The molecule has 0 radical (unpaired) electrons. The molecule has 0 unspecified atom stereocenters. The molecule has 0 rings (SSSR count). The molecule has 0 aromatic rings. The Balaban J connectivity index is -0.0000000450. The van der Waals surface area contributed by atoms with E-state index in [0.717, 1.165) is 0 Å². The summed E-state index contributed by atoms with van der Waals surface area (Å²) >= 11 is 0. The van der Waals surface area contributed by atoms with Gasteiger partial charge < -0.3 is 20.5 Å². The normalized spacial score (nSPS) is 4.00. The van der Waals surface area contributed by atoms with Crippen molar-refractivity contribution in [2.24, 2.45) is 0 Å². The molecule has 2 N–H and O–H groups in total. The van der Waals surface area contributed by atoms with Crippen LogP contribution < -0.4 is 10.2 Å². The molecular formula is CH2LaO4+. The quantitative estimate of drug-likeness (QED) is 0.425. The van der Waals surface area contributed by atoms with Crippen LogP contribution in [0.15, 0.2) is 0 Å². The Labute approximate surface area is 62.1 Å². The molecule has 0 amide bonds. The fourth-order valence-electron chi connectivity index (χ4n) is 0. The van der Waals surface area contributed by atoms with Crippen LogP contribution in [0.3, 0.4) is 0 Å². The molecule has 0 heterocycles. The van der Waals surface area contributed by atoms with Crippen molar-refractivity contribution in [3.05, 3.63) is 0 Å². The minimum absolute atomic E-state index is 0. The van der Waals surface area contributed by atoms with Crippen molar-refractivity contribution in [1.29, 1.82) is 0 Å². The number of carbonyl (C=O) groups excluding carboxylic acids is 1. The maximum absolute atomic E-state index is 8.33. The first-order valence-corrected chi connectivity index (χ1v) is 0.612. The van der Waals surface area contributed by atoms with Gasteiger partial charge in [0.1, 0.15) is 0 Å². The van der Waals surface area contributed by atoms with Crippen LogP contribution in [0.2, 0.25) is 0 Å². The fourth-order valence-corrected chi connectivity index (χ4v) is 0. The van der Waals surface area contributed by atoms with E-state index in [9.17, 15) is 0 Å². The molecule has 0 aliphatic rings. The topological polar surface area (TPSA) is 94.7 Å². The summed E-state index contributed by atoms with van der Waals surface area (Å²) in [6.45, 7) is 0. The molecule has 0 bridgehead atoms. The Kier molecular flexibility index (Phi) is 24.3. The summed E-state index contributed by atoms with van der Waals surface area (Å²) in [6, 6.07) is 0. The molecule has 0 aliphatic carbocycles. The van der Waals surface area contributed by atoms with E-state index < -0.39 is 6.16 Å². The van der Waals surface area contributed by atoms with E-state index in [4.69, 9.17) is 15.0 Å². The van der Waals surface area contributed by atoms with Gasteiger partial charge in [0.15, 0.2) is 0 Å². The second kappa shape index (κ2) is 9.06. The van der Waals surface area contributed by atoms with Crippen molar-refractivity contribution >= 4 is 6.16 Å². The van der Waals surface area contributed by atoms with Crippen LogP contribution in [0, 0.1) is 35.6 Å². The second-order valence-corrected chi connectivity index (χ2v) is 0.250. The smallest absolute Gasteiger partial charge is 0.652 e. The zero-order valence-corrected chi connectivity index (χ0v) is 6.43. The third-order valence-corrected chi connectivity index (χ3v) is 0. The van der Waals surface area contributed by atoms with E-state index in [1.165, 1.54) is 0 Å². The Hall–Kier alpha value is 0.425. The van der Waals surface area contributed by atoms with E-state index in [1.54, 1.807) is 0 Å². The van der Waals surface area contributed by atoms with Gasteiger partial charge in [-0.05, 0) is 6.16 Å². The first-order chi connectivity index (χ1) is 1.73. The number of carboxylic acid groups (broad SMARTS) is 2. The van der Waals surface area contributed by atoms with Gasteiger partial charge in [0.25, 0.3) is 0 Å². The van der Waals surface area contributed by atoms with Gasteiger partial charge in [-0.2, -0.15) is 0 Å². The van der Waals surface area contributed by atoms with Crippen LogP contribution in [0.5, 0.6) is 0 Å². The van der Waals surface area contributed by atoms with Crippen molar-refractivity contribution in [3.63, 3.8) is 0 Å². The zero-order chi connectivity index (χ0) is 3.58. The molecule has 0 saturated heterocycles. The molecule has 0 fully saturated rings. The van der Waals surface area contributed by atoms with Crippen molar-refractivity contribution in [2.45, 2.75) is 0 Å². The molecule has 0 aromatic heterocycles. The summed E-state index contributed by atoms with van der Waals surface area (Å²) in [5.74, 6) is 0. The molecular weight excluding hydrogens is 215 g/mol. The molecule has 32 valence electrons. The average Bonchev–Trinajstić information content (AvgIpc) is 0.811. The summed E-state index contributed by atoms with van der Waals surface area (Å²) in [4.78, 5) is 8.33. The van der Waals surface area contributed by atoms with Crippen LogP contribution in [0.1, 0.15) is 0 Å². The zero-order valence-electron chi connectivity index (χ0n) is 2.80. The minimum Gasteiger partial charge on any atom is -0.652 e. The molecule has 0 aromatic carbocycles. The number of hydrogen-bond donors (Lipinski definition) is 0. The van der Waals surface area contributed by atoms with Gasteiger partial charge in [0, 0.05) is 0 Å². The van der Waals surface area contributed by atoms with Crippen molar-refractivity contribution in [1.82, 2.24) is 0 Å². The fraction of sp³-hybridized carbons (Fsp3) is 0. The third kappa shape index (κ3) is 288. The molecule has 0 atom stereocenters. The standard InChI is InChI=1S/CH2O3.La.H2O/c2-1(3)4;;/h(H2,2,3,4);;1H2/q;+3;/p-2. The first kappa shape index (κ1) is 16.1. The maximum atomic E-state index is 8.33. The van der Waals surface area contributed by atoms with Gasteiger partial charge >= 0.3 is 35.6 Å². The van der Waals surface area contributed by atoms with E-state index in [2.05, 4.69) is 0 Å². The van der Waals surface area contributed by atoms with Gasteiger partial charge in [-0.25, -0.2) is 0 Å². The third-order valence-electron chi connectivity index (χ3n) is 0. The second-order valence-electron chi connectivity index (χ2n) is 0.250. The molecule has 0 spiro atoms. The monoisotopic (exact) mass is 217 g/mol. The van der Waals surface area contributed by atoms with Gasteiger partial charge in [0.05, 0.1) is 0 Å². The van der Waals surface area contributed by atoms with E-state index in [1.807, 2.05) is 0 Å². The summed E-state index contributed by atoms with van der Waals surface area (Å²) in [7, 11) is 0. The number of rotatable bonds is 0. The number of hydrogen-bond acceptors (Lipinski definition) is 3. The van der Waals surface area contributed by atoms with Crippen molar-refractivity contribution < 1.29 is 56.1 Å². The first-order valence-electron chi connectivity index (χ1n) is 0.612. The van der Waals surface area contributed by atoms with Crippen molar-refractivity contribution in [3.8, 4) is 0 Å². The predicted molar refractivity (Wildman–Crippen MR) is 9.01 cm³/mol. The van der Waals surface area contributed by atoms with E-state index >= 15 is 0 Å². The minimum atomic E-state index is -2.33. The molecule has 5 heteroatoms. The van der Waals surface area contributed by atoms with Gasteiger partial charge in [0.2, 0.25) is 0 Å². The van der Waals surface area contributed by atoms with E-state index in [-0.39, 0.29) is 41.1 Å². The number of carbonyl (C=O) groups is 1. The van der Waals surface area contributed by atoms with Crippen LogP contribution in [0.4, 0.5) is 4.79 Å². The molecule has 0 saturated carbocycles. The van der Waals surface area contributed by atoms with Gasteiger partial charge in [-0.15, -0.1) is 0 Å². The largest absolute Gasteiger partial charge is 3.00 e.